The monoisotopic (exact) mass is 284 g/mol. The first-order valence-electron chi connectivity index (χ1n) is 6.57. The molecule has 0 saturated carbocycles. The van der Waals surface area contributed by atoms with Crippen LogP contribution in [0.5, 0.6) is 0 Å². The number of ether oxygens (including phenoxy) is 1. The number of nitrogen functional groups attached to an aromatic ring is 1. The summed E-state index contributed by atoms with van der Waals surface area (Å²) in [6.45, 7) is 3.47. The first-order chi connectivity index (χ1) is 9.19. The standard InChI is InChI=1S/C13H21ClN4O/c1-18(7-10-3-2-6-19-9-10)8-12-11(14)4-5-13(16-12)17-15/h4-5,10H,2-3,6-9,15H2,1H3,(H,16,17). The molecule has 1 aliphatic heterocycles. The van der Waals surface area contributed by atoms with Crippen LogP contribution < -0.4 is 11.3 Å². The molecule has 1 unspecified atom stereocenters. The van der Waals surface area contributed by atoms with Gasteiger partial charge in [-0.05, 0) is 37.9 Å². The Morgan fingerprint density at radius 2 is 2.42 bits per heavy atom. The van der Waals surface area contributed by atoms with Gasteiger partial charge >= 0.3 is 0 Å². The number of nitrogens with two attached hydrogens (primary N) is 1. The van der Waals surface area contributed by atoms with Crippen LogP contribution in [0.2, 0.25) is 5.02 Å². The van der Waals surface area contributed by atoms with E-state index in [1.54, 1.807) is 6.07 Å². The van der Waals surface area contributed by atoms with Gasteiger partial charge in [-0.1, -0.05) is 11.6 Å². The Morgan fingerprint density at radius 1 is 1.58 bits per heavy atom. The highest BCUT2D eigenvalue weighted by molar-refractivity contribution is 6.31. The topological polar surface area (TPSA) is 63.4 Å². The highest BCUT2D eigenvalue weighted by Crippen LogP contribution is 2.19. The number of hydrogen-bond donors (Lipinski definition) is 2. The van der Waals surface area contributed by atoms with Gasteiger partial charge in [0.2, 0.25) is 0 Å². The van der Waals surface area contributed by atoms with Gasteiger partial charge in [0.1, 0.15) is 5.82 Å². The number of hydrazine groups is 1. The normalized spacial score (nSPS) is 19.7. The van der Waals surface area contributed by atoms with Gasteiger partial charge < -0.3 is 15.1 Å². The predicted octanol–water partition coefficient (Wildman–Crippen LogP) is 1.88. The molecule has 0 spiro atoms. The van der Waals surface area contributed by atoms with Crippen LogP contribution in [0.1, 0.15) is 18.5 Å². The second-order valence-corrected chi connectivity index (χ2v) is 5.46. The van der Waals surface area contributed by atoms with Crippen molar-refractivity contribution in [2.75, 3.05) is 32.2 Å². The van der Waals surface area contributed by atoms with Crippen LogP contribution in [0.3, 0.4) is 0 Å². The maximum Gasteiger partial charge on any atom is 0.140 e. The van der Waals surface area contributed by atoms with E-state index in [1.807, 2.05) is 6.07 Å². The van der Waals surface area contributed by atoms with E-state index in [4.69, 9.17) is 22.2 Å². The Hall–Kier alpha value is -0.880. The zero-order valence-corrected chi connectivity index (χ0v) is 12.0. The Balaban J connectivity index is 1.92. The number of aromatic nitrogens is 1. The van der Waals surface area contributed by atoms with Gasteiger partial charge in [0.15, 0.2) is 0 Å². The first kappa shape index (κ1) is 14.5. The fraction of sp³-hybridized carbons (Fsp3) is 0.615. The zero-order valence-electron chi connectivity index (χ0n) is 11.2. The van der Waals surface area contributed by atoms with Crippen molar-refractivity contribution in [2.24, 2.45) is 11.8 Å². The fourth-order valence-corrected chi connectivity index (χ4v) is 2.55. The van der Waals surface area contributed by atoms with E-state index < -0.39 is 0 Å². The quantitative estimate of drug-likeness (QED) is 0.638. The minimum atomic E-state index is 0.605. The van der Waals surface area contributed by atoms with Gasteiger partial charge in [-0.3, -0.25) is 0 Å². The molecule has 2 heterocycles. The Bertz CT molecular complexity index is 410. The maximum absolute atomic E-state index is 6.16. The molecule has 6 heteroatoms. The van der Waals surface area contributed by atoms with E-state index in [2.05, 4.69) is 22.4 Å². The van der Waals surface area contributed by atoms with Crippen molar-refractivity contribution >= 4 is 17.4 Å². The van der Waals surface area contributed by atoms with Crippen LogP contribution in [0, 0.1) is 5.92 Å². The summed E-state index contributed by atoms with van der Waals surface area (Å²) < 4.78 is 5.50. The minimum absolute atomic E-state index is 0.605. The number of rotatable bonds is 5. The fourth-order valence-electron chi connectivity index (χ4n) is 2.39. The van der Waals surface area contributed by atoms with Crippen LogP contribution in [0.4, 0.5) is 5.82 Å². The molecule has 1 atom stereocenters. The number of anilines is 1. The third-order valence-corrected chi connectivity index (χ3v) is 3.65. The minimum Gasteiger partial charge on any atom is -0.381 e. The number of pyridine rings is 1. The molecule has 3 N–H and O–H groups in total. The van der Waals surface area contributed by atoms with E-state index in [1.165, 1.54) is 6.42 Å². The second kappa shape index (κ2) is 7.05. The number of nitrogens with one attached hydrogen (secondary N) is 1. The molecule has 1 saturated heterocycles. The lowest BCUT2D eigenvalue weighted by atomic mass is 10.0. The smallest absolute Gasteiger partial charge is 0.140 e. The van der Waals surface area contributed by atoms with Gasteiger partial charge in [0, 0.05) is 19.7 Å². The van der Waals surface area contributed by atoms with Gasteiger partial charge in [-0.25, -0.2) is 10.8 Å². The van der Waals surface area contributed by atoms with E-state index in [0.29, 0.717) is 23.3 Å². The van der Waals surface area contributed by atoms with Crippen LogP contribution in [0.25, 0.3) is 0 Å². The summed E-state index contributed by atoms with van der Waals surface area (Å²) in [7, 11) is 2.08. The van der Waals surface area contributed by atoms with Crippen molar-refractivity contribution < 1.29 is 4.74 Å². The third kappa shape index (κ3) is 4.31. The van der Waals surface area contributed by atoms with E-state index in [0.717, 1.165) is 31.9 Å². The second-order valence-electron chi connectivity index (χ2n) is 5.05. The summed E-state index contributed by atoms with van der Waals surface area (Å²) in [5.74, 6) is 6.60. The SMILES string of the molecule is CN(Cc1nc(NN)ccc1Cl)CC1CCCOC1. The predicted molar refractivity (Wildman–Crippen MR) is 76.9 cm³/mol. The van der Waals surface area contributed by atoms with Gasteiger partial charge in [0.25, 0.3) is 0 Å². The van der Waals surface area contributed by atoms with Crippen LogP contribution in [-0.4, -0.2) is 36.7 Å². The molecule has 0 aromatic carbocycles. The average molecular weight is 285 g/mol. The Morgan fingerprint density at radius 3 is 3.11 bits per heavy atom. The highest BCUT2D eigenvalue weighted by atomic mass is 35.5. The highest BCUT2D eigenvalue weighted by Gasteiger charge is 2.17. The number of hydrogen-bond acceptors (Lipinski definition) is 5. The summed E-state index contributed by atoms with van der Waals surface area (Å²) in [5, 5.41) is 0.672. The summed E-state index contributed by atoms with van der Waals surface area (Å²) in [6.07, 6.45) is 2.39. The van der Waals surface area contributed by atoms with Gasteiger partial charge in [-0.15, -0.1) is 0 Å². The molecule has 0 radical (unpaired) electrons. The molecule has 1 fully saturated rings. The van der Waals surface area contributed by atoms with Crippen molar-refractivity contribution in [3.63, 3.8) is 0 Å². The van der Waals surface area contributed by atoms with Crippen molar-refractivity contribution in [1.29, 1.82) is 0 Å². The van der Waals surface area contributed by atoms with E-state index in [-0.39, 0.29) is 0 Å². The molecule has 1 aromatic heterocycles. The van der Waals surface area contributed by atoms with Gasteiger partial charge in [0.05, 0.1) is 17.3 Å². The van der Waals surface area contributed by atoms with E-state index >= 15 is 0 Å². The largest absolute Gasteiger partial charge is 0.381 e. The molecular formula is C13H21ClN4O. The molecule has 1 aliphatic rings. The average Bonchev–Trinajstić information content (AvgIpc) is 2.42. The van der Waals surface area contributed by atoms with Crippen molar-refractivity contribution in [3.05, 3.63) is 22.8 Å². The zero-order chi connectivity index (χ0) is 13.7. The molecule has 0 bridgehead atoms. The maximum atomic E-state index is 6.16. The molecule has 19 heavy (non-hydrogen) atoms. The van der Waals surface area contributed by atoms with Crippen LogP contribution in [-0.2, 0) is 11.3 Å². The molecule has 1 aromatic rings. The van der Waals surface area contributed by atoms with E-state index in [9.17, 15) is 0 Å². The molecule has 106 valence electrons. The molecule has 5 nitrogen and oxygen atoms in total. The molecule has 2 rings (SSSR count). The molecule has 0 amide bonds. The summed E-state index contributed by atoms with van der Waals surface area (Å²) in [5.41, 5.74) is 3.38. The Labute approximate surface area is 119 Å². The first-order valence-corrected chi connectivity index (χ1v) is 6.95. The van der Waals surface area contributed by atoms with Crippen molar-refractivity contribution in [2.45, 2.75) is 19.4 Å². The lowest BCUT2D eigenvalue weighted by Crippen LogP contribution is -2.31. The number of nitrogens with zero attached hydrogens (tertiary/aromatic N) is 2. The lowest BCUT2D eigenvalue weighted by molar-refractivity contribution is 0.0410. The summed E-state index contributed by atoms with van der Waals surface area (Å²) in [4.78, 5) is 6.61. The Kier molecular flexibility index (Phi) is 5.39. The summed E-state index contributed by atoms with van der Waals surface area (Å²) >= 11 is 6.16. The summed E-state index contributed by atoms with van der Waals surface area (Å²) in [6, 6.07) is 3.58. The van der Waals surface area contributed by atoms with Crippen molar-refractivity contribution in [3.8, 4) is 0 Å². The number of halogens is 1. The molecule has 0 aliphatic carbocycles. The van der Waals surface area contributed by atoms with Crippen molar-refractivity contribution in [1.82, 2.24) is 9.88 Å². The third-order valence-electron chi connectivity index (χ3n) is 3.31. The van der Waals surface area contributed by atoms with Gasteiger partial charge in [-0.2, -0.15) is 0 Å². The van der Waals surface area contributed by atoms with Crippen LogP contribution >= 0.6 is 11.6 Å². The molecular weight excluding hydrogens is 264 g/mol. The lowest BCUT2D eigenvalue weighted by Gasteiger charge is -2.27. The van der Waals surface area contributed by atoms with Crippen LogP contribution in [0.15, 0.2) is 12.1 Å².